The summed E-state index contributed by atoms with van der Waals surface area (Å²) in [5.74, 6) is 0.871. The smallest absolute Gasteiger partial charge is 0.0103 e. The monoisotopic (exact) mass is 265 g/mol. The van der Waals surface area contributed by atoms with Crippen molar-refractivity contribution in [2.75, 3.05) is 0 Å². The van der Waals surface area contributed by atoms with Crippen LogP contribution in [-0.4, -0.2) is 12.1 Å². The van der Waals surface area contributed by atoms with E-state index in [4.69, 9.17) is 0 Å². The largest absolute Gasteiger partial charge is 0.311 e. The fourth-order valence-corrected chi connectivity index (χ4v) is 4.24. The Labute approximate surface area is 120 Å². The molecule has 0 heterocycles. The van der Waals surface area contributed by atoms with Crippen LogP contribution in [0.2, 0.25) is 0 Å². The van der Waals surface area contributed by atoms with Gasteiger partial charge >= 0.3 is 0 Å². The maximum atomic E-state index is 4.05. The zero-order valence-corrected chi connectivity index (χ0v) is 13.9. The van der Waals surface area contributed by atoms with Crippen LogP contribution < -0.4 is 5.32 Å². The lowest BCUT2D eigenvalue weighted by atomic mass is 9.69. The van der Waals surface area contributed by atoms with Gasteiger partial charge in [0.05, 0.1) is 0 Å². The van der Waals surface area contributed by atoms with Crippen LogP contribution >= 0.6 is 0 Å². The van der Waals surface area contributed by atoms with E-state index in [0.29, 0.717) is 10.8 Å². The summed E-state index contributed by atoms with van der Waals surface area (Å²) < 4.78 is 0. The molecule has 0 amide bonds. The highest BCUT2D eigenvalue weighted by Crippen LogP contribution is 2.40. The zero-order valence-electron chi connectivity index (χ0n) is 13.9. The van der Waals surface area contributed by atoms with Crippen molar-refractivity contribution < 1.29 is 0 Å². The first-order valence-corrected chi connectivity index (χ1v) is 8.54. The molecule has 112 valence electrons. The van der Waals surface area contributed by atoms with Crippen molar-refractivity contribution in [2.45, 2.75) is 98.1 Å². The van der Waals surface area contributed by atoms with Crippen LogP contribution in [0.3, 0.4) is 0 Å². The molecule has 0 bridgehead atoms. The Hall–Kier alpha value is -0.0400. The lowest BCUT2D eigenvalue weighted by molar-refractivity contribution is 0.107. The lowest BCUT2D eigenvalue weighted by Crippen LogP contribution is -2.49. The first kappa shape index (κ1) is 15.4. The van der Waals surface area contributed by atoms with E-state index in [2.05, 4.69) is 39.9 Å². The van der Waals surface area contributed by atoms with E-state index < -0.39 is 0 Å². The number of hydrogen-bond acceptors (Lipinski definition) is 1. The van der Waals surface area contributed by atoms with Gasteiger partial charge in [0.15, 0.2) is 0 Å². The highest BCUT2D eigenvalue weighted by Gasteiger charge is 2.36. The third-order valence-electron chi connectivity index (χ3n) is 5.67. The Kier molecular flexibility index (Phi) is 4.65. The Balaban J connectivity index is 1.90. The zero-order chi connectivity index (χ0) is 14.1. The predicted octanol–water partition coefficient (Wildman–Crippen LogP) is 5.15. The van der Waals surface area contributed by atoms with Crippen molar-refractivity contribution in [3.8, 4) is 0 Å². The van der Waals surface area contributed by atoms with Crippen molar-refractivity contribution in [1.29, 1.82) is 0 Å². The summed E-state index contributed by atoms with van der Waals surface area (Å²) in [6.45, 7) is 12.2. The van der Waals surface area contributed by atoms with Crippen molar-refractivity contribution in [3.63, 3.8) is 0 Å². The molecule has 0 saturated heterocycles. The van der Waals surface area contributed by atoms with Crippen molar-refractivity contribution in [3.05, 3.63) is 0 Å². The summed E-state index contributed by atoms with van der Waals surface area (Å²) in [7, 11) is 0. The van der Waals surface area contributed by atoms with Crippen LogP contribution in [0.1, 0.15) is 86.0 Å². The predicted molar refractivity (Wildman–Crippen MR) is 84.4 cm³/mol. The van der Waals surface area contributed by atoms with E-state index in [-0.39, 0.29) is 0 Å². The first-order valence-electron chi connectivity index (χ1n) is 8.54. The normalized spacial score (nSPS) is 33.3. The standard InChI is InChI=1S/C18H35N/c1-17(2,3)15-8-6-7-9-16(15)19-14-10-12-18(4,5)13-11-14/h14-16,19H,6-13H2,1-5H3. The Morgan fingerprint density at radius 3 is 2.05 bits per heavy atom. The molecular formula is C18H35N. The average Bonchev–Trinajstić information content (AvgIpc) is 2.31. The molecule has 2 unspecified atom stereocenters. The SMILES string of the molecule is CC1(C)CCC(NC2CCCCC2C(C)(C)C)CC1. The van der Waals surface area contributed by atoms with Gasteiger partial charge in [0, 0.05) is 12.1 Å². The fraction of sp³-hybridized carbons (Fsp3) is 1.00. The van der Waals surface area contributed by atoms with Crippen molar-refractivity contribution >= 4 is 0 Å². The third kappa shape index (κ3) is 4.21. The number of rotatable bonds is 2. The summed E-state index contributed by atoms with van der Waals surface area (Å²) in [6, 6.07) is 1.57. The van der Waals surface area contributed by atoms with Gasteiger partial charge in [-0.2, -0.15) is 0 Å². The minimum Gasteiger partial charge on any atom is -0.311 e. The molecule has 2 fully saturated rings. The molecule has 2 atom stereocenters. The topological polar surface area (TPSA) is 12.0 Å². The second-order valence-electron chi connectivity index (χ2n) is 8.97. The fourth-order valence-electron chi connectivity index (χ4n) is 4.24. The van der Waals surface area contributed by atoms with Crippen LogP contribution in [0, 0.1) is 16.7 Å². The molecule has 2 aliphatic rings. The molecule has 1 nitrogen and oxygen atoms in total. The summed E-state index contributed by atoms with van der Waals surface area (Å²) in [4.78, 5) is 0. The van der Waals surface area contributed by atoms with Crippen LogP contribution in [0.4, 0.5) is 0 Å². The molecule has 2 saturated carbocycles. The van der Waals surface area contributed by atoms with E-state index in [1.165, 1.54) is 51.4 Å². The molecule has 0 spiro atoms. The maximum absolute atomic E-state index is 4.05. The van der Waals surface area contributed by atoms with E-state index >= 15 is 0 Å². The number of hydrogen-bond donors (Lipinski definition) is 1. The van der Waals surface area contributed by atoms with Crippen molar-refractivity contribution in [1.82, 2.24) is 5.32 Å². The van der Waals surface area contributed by atoms with Gasteiger partial charge in [0.25, 0.3) is 0 Å². The lowest BCUT2D eigenvalue weighted by Gasteiger charge is -2.44. The second-order valence-corrected chi connectivity index (χ2v) is 8.97. The van der Waals surface area contributed by atoms with Gasteiger partial charge in [-0.15, -0.1) is 0 Å². The van der Waals surface area contributed by atoms with E-state index in [1.54, 1.807) is 0 Å². The molecule has 2 aliphatic carbocycles. The van der Waals surface area contributed by atoms with Crippen LogP contribution in [0.5, 0.6) is 0 Å². The second kappa shape index (κ2) is 5.76. The van der Waals surface area contributed by atoms with Gasteiger partial charge in [-0.05, 0) is 55.3 Å². The molecule has 0 aromatic heterocycles. The Bertz CT molecular complexity index is 277. The molecule has 1 heteroatoms. The average molecular weight is 265 g/mol. The van der Waals surface area contributed by atoms with E-state index in [0.717, 1.165) is 18.0 Å². The molecule has 0 aromatic rings. The van der Waals surface area contributed by atoms with Crippen LogP contribution in [0.25, 0.3) is 0 Å². The summed E-state index contributed by atoms with van der Waals surface area (Å²) in [5, 5.41) is 4.05. The Morgan fingerprint density at radius 1 is 0.895 bits per heavy atom. The van der Waals surface area contributed by atoms with Crippen molar-refractivity contribution in [2.24, 2.45) is 16.7 Å². The minimum atomic E-state index is 0.464. The van der Waals surface area contributed by atoms with Gasteiger partial charge in [-0.3, -0.25) is 0 Å². The minimum absolute atomic E-state index is 0.464. The van der Waals surface area contributed by atoms with E-state index in [1.807, 2.05) is 0 Å². The highest BCUT2D eigenvalue weighted by molar-refractivity contribution is 4.91. The molecule has 19 heavy (non-hydrogen) atoms. The van der Waals surface area contributed by atoms with Crippen LogP contribution in [-0.2, 0) is 0 Å². The van der Waals surface area contributed by atoms with Gasteiger partial charge in [0.1, 0.15) is 0 Å². The molecular weight excluding hydrogens is 230 g/mol. The van der Waals surface area contributed by atoms with Gasteiger partial charge in [-0.1, -0.05) is 47.5 Å². The first-order chi connectivity index (χ1) is 8.78. The molecule has 0 radical (unpaired) electrons. The van der Waals surface area contributed by atoms with E-state index in [9.17, 15) is 0 Å². The van der Waals surface area contributed by atoms with Gasteiger partial charge < -0.3 is 5.32 Å². The molecule has 2 rings (SSSR count). The van der Waals surface area contributed by atoms with Gasteiger partial charge in [-0.25, -0.2) is 0 Å². The van der Waals surface area contributed by atoms with Gasteiger partial charge in [0.2, 0.25) is 0 Å². The third-order valence-corrected chi connectivity index (χ3v) is 5.67. The molecule has 1 N–H and O–H groups in total. The Morgan fingerprint density at radius 2 is 1.47 bits per heavy atom. The van der Waals surface area contributed by atoms with Crippen LogP contribution in [0.15, 0.2) is 0 Å². The molecule has 0 aliphatic heterocycles. The maximum Gasteiger partial charge on any atom is 0.0103 e. The summed E-state index contributed by atoms with van der Waals surface area (Å²) in [6.07, 6.45) is 11.3. The quantitative estimate of drug-likeness (QED) is 0.728. The number of nitrogens with one attached hydrogen (secondary N) is 1. The summed E-state index contributed by atoms with van der Waals surface area (Å²) in [5.41, 5.74) is 1.06. The molecule has 0 aromatic carbocycles. The highest BCUT2D eigenvalue weighted by atomic mass is 15.0. The summed E-state index contributed by atoms with van der Waals surface area (Å²) >= 11 is 0.